The minimum absolute atomic E-state index is 0.330. The Morgan fingerprint density at radius 1 is 1.21 bits per heavy atom. The van der Waals surface area contributed by atoms with Crippen LogP contribution in [0, 0.1) is 0 Å². The van der Waals surface area contributed by atoms with Gasteiger partial charge >= 0.3 is 6.01 Å². The average Bonchev–Trinajstić information content (AvgIpc) is 2.91. The smallest absolute Gasteiger partial charge is 0.318 e. The van der Waals surface area contributed by atoms with Gasteiger partial charge in [0.2, 0.25) is 5.89 Å². The predicted molar refractivity (Wildman–Crippen MR) is 50.7 cm³/mol. The molecule has 2 aliphatic heterocycles. The fourth-order valence-corrected chi connectivity index (χ4v) is 2.66. The number of fused-ring (bicyclic) bond motifs is 2. The van der Waals surface area contributed by atoms with Gasteiger partial charge in [-0.3, -0.25) is 0 Å². The molecule has 2 fully saturated rings. The Hall–Kier alpha value is -1.10. The molecule has 1 aromatic heterocycles. The first-order chi connectivity index (χ1) is 6.88. The third-order valence-electron chi connectivity index (χ3n) is 3.30. The van der Waals surface area contributed by atoms with Crippen LogP contribution in [0.15, 0.2) is 4.42 Å². The van der Waals surface area contributed by atoms with Crippen LogP contribution in [0.25, 0.3) is 0 Å². The molecule has 2 N–H and O–H groups in total. The second-order valence-corrected chi connectivity index (χ2v) is 4.05. The Kier molecular flexibility index (Phi) is 1.73. The normalized spacial score (nSPS) is 30.2. The quantitative estimate of drug-likeness (QED) is 0.749. The van der Waals surface area contributed by atoms with E-state index in [4.69, 9.17) is 10.2 Å². The summed E-state index contributed by atoms with van der Waals surface area (Å²) in [7, 11) is 0. The molecule has 0 unspecified atom stereocenters. The van der Waals surface area contributed by atoms with Crippen molar-refractivity contribution >= 4 is 6.01 Å². The molecule has 0 saturated carbocycles. The van der Waals surface area contributed by atoms with Gasteiger partial charge in [-0.1, -0.05) is 5.10 Å². The van der Waals surface area contributed by atoms with Gasteiger partial charge < -0.3 is 15.1 Å². The molecule has 1 aromatic rings. The maximum absolute atomic E-state index is 5.48. The van der Waals surface area contributed by atoms with Gasteiger partial charge in [-0.25, -0.2) is 0 Å². The second-order valence-electron chi connectivity index (χ2n) is 4.05. The molecule has 14 heavy (non-hydrogen) atoms. The molecule has 0 spiro atoms. The van der Waals surface area contributed by atoms with E-state index in [1.165, 1.54) is 25.7 Å². The molecule has 2 saturated heterocycles. The van der Waals surface area contributed by atoms with Gasteiger partial charge in [-0.05, 0) is 25.7 Å². The van der Waals surface area contributed by atoms with E-state index in [9.17, 15) is 0 Å². The Morgan fingerprint density at radius 3 is 2.36 bits per heavy atom. The first-order valence-electron chi connectivity index (χ1n) is 5.19. The van der Waals surface area contributed by atoms with Crippen molar-refractivity contribution in [2.75, 3.05) is 4.90 Å². The van der Waals surface area contributed by atoms with Gasteiger partial charge in [0.25, 0.3) is 0 Å². The van der Waals surface area contributed by atoms with Crippen LogP contribution in [0.2, 0.25) is 0 Å². The summed E-state index contributed by atoms with van der Waals surface area (Å²) in [5.41, 5.74) is 5.43. The predicted octanol–water partition coefficient (Wildman–Crippen LogP) is 0.659. The van der Waals surface area contributed by atoms with Crippen LogP contribution in [0.5, 0.6) is 0 Å². The summed E-state index contributed by atoms with van der Waals surface area (Å²) in [6.07, 6.45) is 5.08. The van der Waals surface area contributed by atoms with E-state index in [0.29, 0.717) is 30.5 Å². The van der Waals surface area contributed by atoms with Crippen molar-refractivity contribution in [3.8, 4) is 0 Å². The molecule has 76 valence electrons. The lowest BCUT2D eigenvalue weighted by molar-refractivity contribution is 0.481. The molecule has 0 aromatic carbocycles. The fourth-order valence-electron chi connectivity index (χ4n) is 2.66. The summed E-state index contributed by atoms with van der Waals surface area (Å²) < 4.78 is 5.48. The van der Waals surface area contributed by atoms with Crippen LogP contribution in [0.4, 0.5) is 6.01 Å². The third kappa shape index (κ3) is 1.05. The van der Waals surface area contributed by atoms with Crippen molar-refractivity contribution in [3.05, 3.63) is 5.89 Å². The van der Waals surface area contributed by atoms with Gasteiger partial charge in [0, 0.05) is 12.1 Å². The first kappa shape index (κ1) is 8.23. The monoisotopic (exact) mass is 194 g/mol. The van der Waals surface area contributed by atoms with E-state index in [1.807, 2.05) is 0 Å². The number of anilines is 1. The summed E-state index contributed by atoms with van der Waals surface area (Å²) in [5, 5.41) is 7.93. The molecule has 0 aliphatic carbocycles. The zero-order valence-corrected chi connectivity index (χ0v) is 8.02. The van der Waals surface area contributed by atoms with Crippen molar-refractivity contribution in [3.63, 3.8) is 0 Å². The maximum atomic E-state index is 5.48. The highest BCUT2D eigenvalue weighted by Gasteiger charge is 2.41. The molecule has 5 nitrogen and oxygen atoms in total. The highest BCUT2D eigenvalue weighted by Crippen LogP contribution is 2.40. The van der Waals surface area contributed by atoms with Gasteiger partial charge in [0.05, 0.1) is 6.54 Å². The molecule has 3 heterocycles. The molecule has 0 atom stereocenters. The van der Waals surface area contributed by atoms with Crippen molar-refractivity contribution < 1.29 is 4.42 Å². The van der Waals surface area contributed by atoms with Crippen LogP contribution in [-0.4, -0.2) is 22.3 Å². The van der Waals surface area contributed by atoms with Crippen LogP contribution in [-0.2, 0) is 6.54 Å². The molecule has 0 radical (unpaired) electrons. The van der Waals surface area contributed by atoms with E-state index in [1.54, 1.807) is 0 Å². The topological polar surface area (TPSA) is 68.2 Å². The highest BCUT2D eigenvalue weighted by atomic mass is 16.4. The Morgan fingerprint density at radius 2 is 1.86 bits per heavy atom. The SMILES string of the molecule is NCc1nnc(N2C3CCC2CC3)o1. The minimum atomic E-state index is 0.330. The van der Waals surface area contributed by atoms with Gasteiger partial charge in [-0.2, -0.15) is 0 Å². The summed E-state index contributed by atoms with van der Waals surface area (Å²) in [6, 6.07) is 1.94. The van der Waals surface area contributed by atoms with E-state index < -0.39 is 0 Å². The minimum Gasteiger partial charge on any atom is -0.407 e. The molecular weight excluding hydrogens is 180 g/mol. The molecule has 5 heteroatoms. The Balaban J connectivity index is 1.88. The van der Waals surface area contributed by atoms with Crippen molar-refractivity contribution in [2.45, 2.75) is 44.3 Å². The van der Waals surface area contributed by atoms with Crippen LogP contribution >= 0.6 is 0 Å². The van der Waals surface area contributed by atoms with E-state index in [0.717, 1.165) is 0 Å². The number of aromatic nitrogens is 2. The number of nitrogens with two attached hydrogens (primary N) is 1. The zero-order chi connectivity index (χ0) is 9.54. The van der Waals surface area contributed by atoms with Crippen LogP contribution < -0.4 is 10.6 Å². The standard InChI is InChI=1S/C9H14N4O/c10-5-8-11-12-9(14-8)13-6-1-2-7(13)4-3-6/h6-7H,1-5,10H2. The van der Waals surface area contributed by atoms with Crippen LogP contribution in [0.1, 0.15) is 31.6 Å². The zero-order valence-electron chi connectivity index (χ0n) is 8.02. The summed E-state index contributed by atoms with van der Waals surface area (Å²) in [6.45, 7) is 0.330. The van der Waals surface area contributed by atoms with Gasteiger partial charge in [-0.15, -0.1) is 5.10 Å². The molecular formula is C9H14N4O. The van der Waals surface area contributed by atoms with E-state index in [-0.39, 0.29) is 0 Å². The molecule has 2 aliphatic rings. The van der Waals surface area contributed by atoms with E-state index in [2.05, 4.69) is 15.1 Å². The third-order valence-corrected chi connectivity index (χ3v) is 3.30. The lowest BCUT2D eigenvalue weighted by Crippen LogP contribution is -2.28. The highest BCUT2D eigenvalue weighted by molar-refractivity contribution is 5.34. The fraction of sp³-hybridized carbons (Fsp3) is 0.778. The van der Waals surface area contributed by atoms with Crippen molar-refractivity contribution in [1.82, 2.24) is 10.2 Å². The Labute approximate surface area is 82.3 Å². The van der Waals surface area contributed by atoms with Crippen molar-refractivity contribution in [2.24, 2.45) is 5.73 Å². The second kappa shape index (κ2) is 2.95. The maximum Gasteiger partial charge on any atom is 0.318 e. The van der Waals surface area contributed by atoms with Gasteiger partial charge in [0.15, 0.2) is 0 Å². The summed E-state index contributed by atoms with van der Waals surface area (Å²) in [5.74, 6) is 0.534. The summed E-state index contributed by atoms with van der Waals surface area (Å²) >= 11 is 0. The first-order valence-corrected chi connectivity index (χ1v) is 5.19. The number of nitrogens with zero attached hydrogens (tertiary/aromatic N) is 3. The van der Waals surface area contributed by atoms with Crippen molar-refractivity contribution in [1.29, 1.82) is 0 Å². The molecule has 3 rings (SSSR count). The number of hydrogen-bond acceptors (Lipinski definition) is 5. The number of rotatable bonds is 2. The average molecular weight is 194 g/mol. The van der Waals surface area contributed by atoms with Crippen LogP contribution in [0.3, 0.4) is 0 Å². The lowest BCUT2D eigenvalue weighted by Gasteiger charge is -2.18. The lowest BCUT2D eigenvalue weighted by atomic mass is 10.0. The molecule has 0 amide bonds. The Bertz CT molecular complexity index is 317. The molecule has 2 bridgehead atoms. The summed E-state index contributed by atoms with van der Waals surface area (Å²) in [4.78, 5) is 2.28. The number of hydrogen-bond donors (Lipinski definition) is 1. The van der Waals surface area contributed by atoms with Gasteiger partial charge in [0.1, 0.15) is 0 Å². The largest absolute Gasteiger partial charge is 0.407 e. The van der Waals surface area contributed by atoms with E-state index >= 15 is 0 Å².